The number of hydrogen-bond donors (Lipinski definition) is 1. The van der Waals surface area contributed by atoms with Crippen LogP contribution in [0.1, 0.15) is 46.5 Å². The van der Waals surface area contributed by atoms with Gasteiger partial charge in [0.15, 0.2) is 0 Å². The highest BCUT2D eigenvalue weighted by molar-refractivity contribution is 5.66. The van der Waals surface area contributed by atoms with Crippen LogP contribution >= 0.6 is 0 Å². The van der Waals surface area contributed by atoms with Crippen molar-refractivity contribution in [2.75, 3.05) is 0 Å². The highest BCUT2D eigenvalue weighted by Crippen LogP contribution is 1.85. The highest BCUT2D eigenvalue weighted by Gasteiger charge is 1.87. The molecule has 0 rings (SSSR count). The van der Waals surface area contributed by atoms with Crippen LogP contribution < -0.4 is 0 Å². The van der Waals surface area contributed by atoms with E-state index in [1.54, 1.807) is 0 Å². The lowest BCUT2D eigenvalue weighted by atomic mass is 10.3. The van der Waals surface area contributed by atoms with Crippen molar-refractivity contribution >= 4 is 5.97 Å². The van der Waals surface area contributed by atoms with Gasteiger partial charge in [0.05, 0.1) is 0 Å². The fourth-order valence-electron chi connectivity index (χ4n) is 0.547. The van der Waals surface area contributed by atoms with E-state index < -0.39 is 5.97 Å². The monoisotopic (exact) mass is 172 g/mol. The SMILES string of the molecule is C/C=C/CCC.CCCC(=O)O. The molecule has 0 aromatic heterocycles. The molecule has 0 saturated carbocycles. The minimum atomic E-state index is -0.711. The molecular weight excluding hydrogens is 152 g/mol. The Hall–Kier alpha value is -0.790. The average molecular weight is 172 g/mol. The van der Waals surface area contributed by atoms with E-state index >= 15 is 0 Å². The Morgan fingerprint density at radius 2 is 1.92 bits per heavy atom. The molecule has 0 aromatic rings. The molecule has 0 fully saturated rings. The molecule has 12 heavy (non-hydrogen) atoms. The predicted molar refractivity (Wildman–Crippen MR) is 52.3 cm³/mol. The van der Waals surface area contributed by atoms with Gasteiger partial charge in [-0.1, -0.05) is 32.4 Å². The highest BCUT2D eigenvalue weighted by atomic mass is 16.4. The van der Waals surface area contributed by atoms with Gasteiger partial charge in [-0.3, -0.25) is 4.79 Å². The van der Waals surface area contributed by atoms with Crippen molar-refractivity contribution in [1.29, 1.82) is 0 Å². The number of allylic oxidation sites excluding steroid dienone is 2. The molecule has 0 atom stereocenters. The van der Waals surface area contributed by atoms with Crippen LogP contribution in [0.5, 0.6) is 0 Å². The van der Waals surface area contributed by atoms with Crippen LogP contribution in [0.2, 0.25) is 0 Å². The van der Waals surface area contributed by atoms with Gasteiger partial charge in [-0.15, -0.1) is 0 Å². The molecule has 1 N–H and O–H groups in total. The van der Waals surface area contributed by atoms with Gasteiger partial charge in [-0.2, -0.15) is 0 Å². The van der Waals surface area contributed by atoms with E-state index in [4.69, 9.17) is 5.11 Å². The number of carboxylic acid groups (broad SMARTS) is 1. The van der Waals surface area contributed by atoms with Crippen LogP contribution in [0, 0.1) is 0 Å². The number of aliphatic carboxylic acids is 1. The molecule has 0 radical (unpaired) electrons. The van der Waals surface area contributed by atoms with Gasteiger partial charge in [-0.25, -0.2) is 0 Å². The zero-order valence-electron chi connectivity index (χ0n) is 8.34. The van der Waals surface area contributed by atoms with Crippen molar-refractivity contribution in [3.05, 3.63) is 12.2 Å². The summed E-state index contributed by atoms with van der Waals surface area (Å²) in [7, 11) is 0. The smallest absolute Gasteiger partial charge is 0.303 e. The number of unbranched alkanes of at least 4 members (excludes halogenated alkanes) is 1. The minimum absolute atomic E-state index is 0.292. The molecule has 0 heterocycles. The van der Waals surface area contributed by atoms with Crippen molar-refractivity contribution in [3.8, 4) is 0 Å². The molecule has 0 bridgehead atoms. The molecule has 0 aliphatic carbocycles. The van der Waals surface area contributed by atoms with Crippen molar-refractivity contribution < 1.29 is 9.90 Å². The zero-order chi connectivity index (χ0) is 9.82. The number of carbonyl (C=O) groups is 1. The first-order valence-corrected chi connectivity index (χ1v) is 4.51. The van der Waals surface area contributed by atoms with E-state index in [2.05, 4.69) is 26.0 Å². The molecule has 0 aliphatic rings. The van der Waals surface area contributed by atoms with Gasteiger partial charge in [-0.05, 0) is 19.8 Å². The molecular formula is C10H20O2. The lowest BCUT2D eigenvalue weighted by molar-refractivity contribution is -0.137. The quantitative estimate of drug-likeness (QED) is 0.661. The largest absolute Gasteiger partial charge is 0.481 e. The normalized spacial score (nSPS) is 9.25. The first-order chi connectivity index (χ1) is 5.68. The third kappa shape index (κ3) is 22.9. The van der Waals surface area contributed by atoms with Crippen LogP contribution in [0.25, 0.3) is 0 Å². The summed E-state index contributed by atoms with van der Waals surface area (Å²) in [5, 5.41) is 7.91. The van der Waals surface area contributed by atoms with Gasteiger partial charge in [0.25, 0.3) is 0 Å². The van der Waals surface area contributed by atoms with Crippen molar-refractivity contribution in [1.82, 2.24) is 0 Å². The Bertz CT molecular complexity index is 117. The van der Waals surface area contributed by atoms with E-state index in [0.29, 0.717) is 6.42 Å². The van der Waals surface area contributed by atoms with Crippen molar-refractivity contribution in [2.45, 2.75) is 46.5 Å². The fourth-order valence-corrected chi connectivity index (χ4v) is 0.547. The molecule has 2 nitrogen and oxygen atoms in total. The first-order valence-electron chi connectivity index (χ1n) is 4.51. The Labute approximate surface area is 75.3 Å². The summed E-state index contributed by atoms with van der Waals surface area (Å²) < 4.78 is 0. The summed E-state index contributed by atoms with van der Waals surface area (Å²) in [6.45, 7) is 6.07. The molecule has 0 spiro atoms. The van der Waals surface area contributed by atoms with E-state index in [1.165, 1.54) is 12.8 Å². The average Bonchev–Trinajstić information content (AvgIpc) is 2.02. The number of hydrogen-bond acceptors (Lipinski definition) is 1. The maximum atomic E-state index is 9.60. The van der Waals surface area contributed by atoms with Gasteiger partial charge in [0.2, 0.25) is 0 Å². The van der Waals surface area contributed by atoms with E-state index in [-0.39, 0.29) is 0 Å². The van der Waals surface area contributed by atoms with Crippen molar-refractivity contribution in [2.24, 2.45) is 0 Å². The van der Waals surface area contributed by atoms with E-state index in [1.807, 2.05) is 6.92 Å². The van der Waals surface area contributed by atoms with Gasteiger partial charge in [0, 0.05) is 6.42 Å². The third-order valence-electron chi connectivity index (χ3n) is 1.15. The Balaban J connectivity index is 0. The molecule has 2 heteroatoms. The molecule has 0 unspecified atom stereocenters. The van der Waals surface area contributed by atoms with Crippen molar-refractivity contribution in [3.63, 3.8) is 0 Å². The van der Waals surface area contributed by atoms with E-state index in [0.717, 1.165) is 6.42 Å². The van der Waals surface area contributed by atoms with Gasteiger partial charge in [0.1, 0.15) is 0 Å². The maximum Gasteiger partial charge on any atom is 0.303 e. The standard InChI is InChI=1S/C6H12.C4H8O2/c1-3-5-6-4-2;1-2-3-4(5)6/h3,5H,4,6H2,1-2H3;2-3H2,1H3,(H,5,6)/b5-3+;. The summed E-state index contributed by atoms with van der Waals surface area (Å²) in [6.07, 6.45) is 7.79. The van der Waals surface area contributed by atoms with Crippen LogP contribution in [0.4, 0.5) is 0 Å². The molecule has 0 aromatic carbocycles. The summed E-state index contributed by atoms with van der Waals surface area (Å²) in [5.41, 5.74) is 0. The van der Waals surface area contributed by atoms with Crippen LogP contribution in [-0.2, 0) is 4.79 Å². The summed E-state index contributed by atoms with van der Waals surface area (Å²) >= 11 is 0. The summed E-state index contributed by atoms with van der Waals surface area (Å²) in [5.74, 6) is -0.711. The Morgan fingerprint density at radius 3 is 2.00 bits per heavy atom. The van der Waals surface area contributed by atoms with Crippen LogP contribution in [-0.4, -0.2) is 11.1 Å². The predicted octanol–water partition coefficient (Wildman–Crippen LogP) is 3.23. The lowest BCUT2D eigenvalue weighted by Gasteiger charge is -1.79. The van der Waals surface area contributed by atoms with Gasteiger partial charge < -0.3 is 5.11 Å². The van der Waals surface area contributed by atoms with E-state index in [9.17, 15) is 4.79 Å². The topological polar surface area (TPSA) is 37.3 Å². The zero-order valence-corrected chi connectivity index (χ0v) is 8.34. The molecule has 0 aliphatic heterocycles. The number of carboxylic acids is 1. The lowest BCUT2D eigenvalue weighted by Crippen LogP contribution is -1.90. The maximum absolute atomic E-state index is 9.60. The third-order valence-corrected chi connectivity index (χ3v) is 1.15. The molecule has 0 amide bonds. The molecule has 0 saturated heterocycles. The second-order valence-corrected chi connectivity index (χ2v) is 2.50. The Morgan fingerprint density at radius 1 is 1.33 bits per heavy atom. The fraction of sp³-hybridized carbons (Fsp3) is 0.700. The summed E-state index contributed by atoms with van der Waals surface area (Å²) in [4.78, 5) is 9.60. The number of rotatable bonds is 4. The van der Waals surface area contributed by atoms with Gasteiger partial charge >= 0.3 is 5.97 Å². The first kappa shape index (κ1) is 13.8. The minimum Gasteiger partial charge on any atom is -0.481 e. The Kier molecular flexibility index (Phi) is 14.8. The van der Waals surface area contributed by atoms with Crippen LogP contribution in [0.3, 0.4) is 0 Å². The van der Waals surface area contributed by atoms with Crippen LogP contribution in [0.15, 0.2) is 12.2 Å². The second-order valence-electron chi connectivity index (χ2n) is 2.50. The molecule has 72 valence electrons. The summed E-state index contributed by atoms with van der Waals surface area (Å²) in [6, 6.07) is 0. The second kappa shape index (κ2) is 12.8.